The van der Waals surface area contributed by atoms with Gasteiger partial charge >= 0.3 is 0 Å². The molecule has 1 atom stereocenters. The van der Waals surface area contributed by atoms with Crippen molar-refractivity contribution in [1.82, 2.24) is 10.6 Å². The summed E-state index contributed by atoms with van der Waals surface area (Å²) in [5.74, 6) is -0.319. The third kappa shape index (κ3) is 6.26. The Morgan fingerprint density at radius 3 is 2.35 bits per heavy atom. The Labute approximate surface area is 214 Å². The number of ether oxygens (including phenoxy) is 1. The molecule has 3 amide bonds. The maximum absolute atomic E-state index is 13.7. The van der Waals surface area contributed by atoms with E-state index in [1.807, 2.05) is 19.1 Å². The summed E-state index contributed by atoms with van der Waals surface area (Å²) in [6.07, 6.45) is 2.89. The fourth-order valence-electron chi connectivity index (χ4n) is 3.78. The lowest BCUT2D eigenvalue weighted by atomic mass is 10.0. The minimum atomic E-state index is -1.05. The van der Waals surface area contributed by atoms with E-state index in [2.05, 4.69) is 10.6 Å². The molecule has 0 aliphatic rings. The number of nitrogens with one attached hydrogen (secondary N) is 2. The monoisotopic (exact) mass is 501 g/mol. The number of carbonyl (C=O) groups is 3. The fourth-order valence-corrected chi connectivity index (χ4v) is 3.78. The van der Waals surface area contributed by atoms with Crippen LogP contribution in [0.3, 0.4) is 0 Å². The third-order valence-corrected chi connectivity index (χ3v) is 5.66. The van der Waals surface area contributed by atoms with Gasteiger partial charge in [0.1, 0.15) is 17.6 Å². The van der Waals surface area contributed by atoms with Crippen molar-refractivity contribution >= 4 is 23.4 Å². The predicted octanol–water partition coefficient (Wildman–Crippen LogP) is 4.01. The van der Waals surface area contributed by atoms with Crippen LogP contribution in [0.25, 0.3) is 0 Å². The lowest BCUT2D eigenvalue weighted by Crippen LogP contribution is -2.47. The van der Waals surface area contributed by atoms with Crippen molar-refractivity contribution in [3.8, 4) is 5.75 Å². The smallest absolute Gasteiger partial charge is 0.287 e. The van der Waals surface area contributed by atoms with Crippen molar-refractivity contribution < 1.29 is 28.0 Å². The summed E-state index contributed by atoms with van der Waals surface area (Å²) in [6, 6.07) is 19.7. The molecule has 0 spiro atoms. The van der Waals surface area contributed by atoms with Gasteiger partial charge in [0.25, 0.3) is 5.91 Å². The molecule has 9 heteroatoms. The van der Waals surface area contributed by atoms with Gasteiger partial charge in [0.15, 0.2) is 5.76 Å². The van der Waals surface area contributed by atoms with Gasteiger partial charge in [-0.25, -0.2) is 0 Å². The summed E-state index contributed by atoms with van der Waals surface area (Å²) in [6.45, 7) is 1.71. The number of aryl methyl sites for hydroxylation is 1. The second-order valence-corrected chi connectivity index (χ2v) is 8.24. The highest BCUT2D eigenvalue weighted by molar-refractivity contribution is 6.04. The average molecular weight is 502 g/mol. The Morgan fingerprint density at radius 2 is 1.68 bits per heavy atom. The Hall–Kier alpha value is -4.79. The van der Waals surface area contributed by atoms with Crippen molar-refractivity contribution in [2.45, 2.75) is 19.5 Å². The first-order valence-electron chi connectivity index (χ1n) is 11.6. The first-order valence-corrected chi connectivity index (χ1v) is 11.6. The van der Waals surface area contributed by atoms with Gasteiger partial charge in [0.2, 0.25) is 11.8 Å². The summed E-state index contributed by atoms with van der Waals surface area (Å²) < 4.78 is 15.8. The van der Waals surface area contributed by atoms with Crippen LogP contribution in [0.1, 0.15) is 33.5 Å². The molecule has 0 saturated carbocycles. The van der Waals surface area contributed by atoms with E-state index in [1.54, 1.807) is 54.6 Å². The fraction of sp³-hybridized carbons (Fsp3) is 0.179. The molecule has 0 saturated heterocycles. The number of amides is 3. The maximum atomic E-state index is 13.7. The van der Waals surface area contributed by atoms with E-state index in [1.165, 1.54) is 30.6 Å². The number of hydrogen-bond acceptors (Lipinski definition) is 6. The van der Waals surface area contributed by atoms with Gasteiger partial charge in [-0.2, -0.15) is 0 Å². The molecular formula is C28H27N3O6. The molecule has 0 bridgehead atoms. The van der Waals surface area contributed by atoms with E-state index >= 15 is 0 Å². The number of methoxy groups -OCH3 is 1. The second kappa shape index (κ2) is 11.8. The molecule has 0 radical (unpaired) electrons. The van der Waals surface area contributed by atoms with Gasteiger partial charge in [0.05, 0.1) is 32.7 Å². The van der Waals surface area contributed by atoms with Crippen LogP contribution in [0.15, 0.2) is 94.2 Å². The predicted molar refractivity (Wildman–Crippen MR) is 136 cm³/mol. The third-order valence-electron chi connectivity index (χ3n) is 5.66. The van der Waals surface area contributed by atoms with Crippen molar-refractivity contribution in [2.75, 3.05) is 18.6 Å². The summed E-state index contributed by atoms with van der Waals surface area (Å²) in [5, 5.41) is 5.43. The summed E-state index contributed by atoms with van der Waals surface area (Å²) >= 11 is 0. The Balaban J connectivity index is 1.69. The molecule has 2 aromatic carbocycles. The molecule has 1 unspecified atom stereocenters. The van der Waals surface area contributed by atoms with Crippen molar-refractivity contribution in [2.24, 2.45) is 0 Å². The van der Waals surface area contributed by atoms with Crippen molar-refractivity contribution in [3.63, 3.8) is 0 Å². The largest absolute Gasteiger partial charge is 0.497 e. The number of nitrogens with zero attached hydrogens (tertiary/aromatic N) is 1. The zero-order valence-corrected chi connectivity index (χ0v) is 20.5. The SMILES string of the molecule is COc1cccc(N(C(=O)CNC(=O)c2ccco2)C(C(=O)NCc2ccco2)c2ccc(C)cc2)c1. The number of carbonyl (C=O) groups excluding carboxylic acids is 3. The van der Waals surface area contributed by atoms with E-state index in [0.29, 0.717) is 22.8 Å². The lowest BCUT2D eigenvalue weighted by molar-refractivity contribution is -0.126. The Morgan fingerprint density at radius 1 is 0.919 bits per heavy atom. The summed E-state index contributed by atoms with van der Waals surface area (Å²) in [5.41, 5.74) is 2.02. The van der Waals surface area contributed by atoms with Gasteiger partial charge in [-0.05, 0) is 48.9 Å². The quantitative estimate of drug-likeness (QED) is 0.339. The van der Waals surface area contributed by atoms with Crippen molar-refractivity contribution in [3.05, 3.63) is 108 Å². The molecule has 4 aromatic rings. The molecule has 2 aromatic heterocycles. The first-order chi connectivity index (χ1) is 18.0. The van der Waals surface area contributed by atoms with E-state index in [-0.39, 0.29) is 18.8 Å². The molecule has 0 aliphatic carbocycles. The molecule has 9 nitrogen and oxygen atoms in total. The lowest BCUT2D eigenvalue weighted by Gasteiger charge is -2.32. The molecule has 0 fully saturated rings. The second-order valence-electron chi connectivity index (χ2n) is 8.24. The minimum Gasteiger partial charge on any atom is -0.497 e. The Bertz CT molecular complexity index is 1330. The zero-order chi connectivity index (χ0) is 26.2. The number of anilines is 1. The molecule has 2 heterocycles. The zero-order valence-electron chi connectivity index (χ0n) is 20.5. The van der Waals surface area contributed by atoms with Gasteiger partial charge in [-0.15, -0.1) is 0 Å². The summed E-state index contributed by atoms with van der Waals surface area (Å²) in [4.78, 5) is 41.1. The van der Waals surface area contributed by atoms with E-state index in [0.717, 1.165) is 5.56 Å². The maximum Gasteiger partial charge on any atom is 0.287 e. The normalized spacial score (nSPS) is 11.4. The molecule has 37 heavy (non-hydrogen) atoms. The molecule has 4 rings (SSSR count). The molecule has 0 aliphatic heterocycles. The van der Waals surface area contributed by atoms with E-state index in [4.69, 9.17) is 13.6 Å². The van der Waals surface area contributed by atoms with Crippen molar-refractivity contribution in [1.29, 1.82) is 0 Å². The van der Waals surface area contributed by atoms with Gasteiger partial charge in [-0.3, -0.25) is 19.3 Å². The van der Waals surface area contributed by atoms with Crippen LogP contribution in [0.2, 0.25) is 0 Å². The first kappa shape index (κ1) is 25.3. The molecule has 190 valence electrons. The highest BCUT2D eigenvalue weighted by atomic mass is 16.5. The van der Waals surface area contributed by atoms with Crippen LogP contribution in [0.5, 0.6) is 5.75 Å². The van der Waals surface area contributed by atoms with Gasteiger partial charge in [0, 0.05) is 11.8 Å². The number of rotatable bonds is 10. The van der Waals surface area contributed by atoms with Crippen LogP contribution >= 0.6 is 0 Å². The number of benzene rings is 2. The molecule has 2 N–H and O–H groups in total. The minimum absolute atomic E-state index is 0.0759. The number of hydrogen-bond donors (Lipinski definition) is 2. The van der Waals surface area contributed by atoms with Gasteiger partial charge in [-0.1, -0.05) is 35.9 Å². The standard InChI is InChI=1S/C28H27N3O6/c1-19-10-12-20(13-11-19)26(28(34)29-17-23-8-4-14-36-23)31(21-6-3-7-22(16-21)35-2)25(32)18-30-27(33)24-9-5-15-37-24/h3-16,26H,17-18H2,1-2H3,(H,29,34)(H,30,33). The van der Waals surface area contributed by atoms with E-state index < -0.39 is 23.8 Å². The topological polar surface area (TPSA) is 114 Å². The van der Waals surface area contributed by atoms with Gasteiger partial charge < -0.3 is 24.2 Å². The van der Waals surface area contributed by atoms with Crippen LogP contribution in [0.4, 0.5) is 5.69 Å². The van der Waals surface area contributed by atoms with Crippen LogP contribution in [0, 0.1) is 6.92 Å². The summed E-state index contributed by atoms with van der Waals surface area (Å²) in [7, 11) is 1.52. The van der Waals surface area contributed by atoms with E-state index in [9.17, 15) is 14.4 Å². The van der Waals surface area contributed by atoms with Crippen LogP contribution in [-0.4, -0.2) is 31.4 Å². The molecular weight excluding hydrogens is 474 g/mol. The van der Waals surface area contributed by atoms with Crippen LogP contribution in [-0.2, 0) is 16.1 Å². The van der Waals surface area contributed by atoms with Crippen LogP contribution < -0.4 is 20.3 Å². The number of furan rings is 2. The highest BCUT2D eigenvalue weighted by Crippen LogP contribution is 2.31. The Kier molecular flexibility index (Phi) is 8.05. The average Bonchev–Trinajstić information content (AvgIpc) is 3.64. The highest BCUT2D eigenvalue weighted by Gasteiger charge is 2.33.